The van der Waals surface area contributed by atoms with Crippen molar-refractivity contribution >= 4 is 23.9 Å². The smallest absolute Gasteiger partial charge is 0.335 e. The summed E-state index contributed by atoms with van der Waals surface area (Å²) in [4.78, 5) is 51.1. The summed E-state index contributed by atoms with van der Waals surface area (Å²) >= 11 is 0. The predicted octanol–water partition coefficient (Wildman–Crippen LogP) is 14.8. The van der Waals surface area contributed by atoms with E-state index in [9.17, 15) is 34.5 Å². The molecule has 0 bridgehead atoms. The third kappa shape index (κ3) is 41.4. The van der Waals surface area contributed by atoms with Gasteiger partial charge in [0.05, 0.1) is 6.61 Å². The van der Waals surface area contributed by atoms with E-state index in [1.807, 2.05) is 18.2 Å². The highest BCUT2D eigenvalue weighted by atomic mass is 16.7. The highest BCUT2D eigenvalue weighted by Crippen LogP contribution is 2.26. The molecular weight excluding hydrogens is 973 g/mol. The Balaban J connectivity index is 2.77. The Bertz CT molecular complexity index is 1890. The molecule has 1 fully saturated rings. The van der Waals surface area contributed by atoms with Crippen molar-refractivity contribution in [2.75, 3.05) is 13.2 Å². The van der Waals surface area contributed by atoms with Crippen LogP contribution in [0.2, 0.25) is 0 Å². The maximum absolute atomic E-state index is 13.1. The molecule has 0 aromatic heterocycles. The second kappa shape index (κ2) is 51.4. The van der Waals surface area contributed by atoms with E-state index in [0.717, 1.165) is 122 Å². The molecule has 1 rings (SSSR count). The van der Waals surface area contributed by atoms with Crippen LogP contribution in [-0.2, 0) is 42.9 Å². The molecule has 6 atom stereocenters. The van der Waals surface area contributed by atoms with Crippen molar-refractivity contribution in [1.82, 2.24) is 0 Å². The number of carbonyl (C=O) groups excluding carboxylic acids is 3. The van der Waals surface area contributed by atoms with Gasteiger partial charge in [0.1, 0.15) is 18.8 Å². The number of esters is 3. The fraction of sp³-hybridized carbons (Fsp3) is 0.569. The average Bonchev–Trinajstić information content (AvgIpc) is 3.42. The van der Waals surface area contributed by atoms with Gasteiger partial charge in [0.2, 0.25) is 0 Å². The van der Waals surface area contributed by atoms with Crippen molar-refractivity contribution in [3.8, 4) is 0 Å². The van der Waals surface area contributed by atoms with Gasteiger partial charge in [-0.2, -0.15) is 0 Å². The van der Waals surface area contributed by atoms with E-state index in [1.165, 1.54) is 0 Å². The number of aliphatic hydroxyl groups excluding tert-OH is 2. The van der Waals surface area contributed by atoms with Crippen molar-refractivity contribution in [1.29, 1.82) is 0 Å². The number of allylic oxidation sites excluding steroid dienone is 24. The molecule has 0 radical (unpaired) electrons. The van der Waals surface area contributed by atoms with E-state index >= 15 is 0 Å². The molecule has 0 aromatic rings. The summed E-state index contributed by atoms with van der Waals surface area (Å²) in [6.45, 7) is 5.54. The third-order valence-electron chi connectivity index (χ3n) is 11.9. The first-order valence-corrected chi connectivity index (χ1v) is 28.8. The predicted molar refractivity (Wildman–Crippen MR) is 312 cm³/mol. The van der Waals surface area contributed by atoms with E-state index in [2.05, 4.69) is 148 Å². The lowest BCUT2D eigenvalue weighted by atomic mass is 9.98. The van der Waals surface area contributed by atoms with Gasteiger partial charge in [0.25, 0.3) is 0 Å². The average molecular weight is 1070 g/mol. The Labute approximate surface area is 463 Å². The number of carbonyl (C=O) groups is 4. The number of hydrogen-bond acceptors (Lipinski definition) is 11. The van der Waals surface area contributed by atoms with Crippen LogP contribution in [0.5, 0.6) is 0 Å². The number of carboxylic acids is 1. The first kappa shape index (κ1) is 69.6. The molecule has 430 valence electrons. The first-order valence-electron chi connectivity index (χ1n) is 28.8. The normalized spacial score (nSPS) is 19.1. The zero-order chi connectivity index (χ0) is 56.1. The quantitative estimate of drug-likeness (QED) is 0.0228. The van der Waals surface area contributed by atoms with E-state index in [4.69, 9.17) is 23.7 Å². The number of rotatable bonds is 46. The number of aliphatic hydroxyl groups is 2. The summed E-state index contributed by atoms with van der Waals surface area (Å²) in [6.07, 6.45) is 61.2. The van der Waals surface area contributed by atoms with Gasteiger partial charge in [-0.15, -0.1) is 0 Å². The minimum atomic E-state index is -1.94. The van der Waals surface area contributed by atoms with E-state index in [0.29, 0.717) is 25.7 Å². The summed E-state index contributed by atoms with van der Waals surface area (Å²) in [7, 11) is 0. The minimum Gasteiger partial charge on any atom is -0.479 e. The summed E-state index contributed by atoms with van der Waals surface area (Å²) in [5.41, 5.74) is 0. The van der Waals surface area contributed by atoms with Crippen LogP contribution in [0, 0.1) is 0 Å². The lowest BCUT2D eigenvalue weighted by Crippen LogP contribution is -2.61. The van der Waals surface area contributed by atoms with Crippen LogP contribution in [0.3, 0.4) is 0 Å². The third-order valence-corrected chi connectivity index (χ3v) is 11.9. The molecule has 0 amide bonds. The van der Waals surface area contributed by atoms with Crippen LogP contribution in [0.1, 0.15) is 188 Å². The van der Waals surface area contributed by atoms with Crippen molar-refractivity contribution < 1.29 is 58.2 Å². The monoisotopic (exact) mass is 1070 g/mol. The van der Waals surface area contributed by atoms with Crippen LogP contribution in [-0.4, -0.2) is 89.2 Å². The van der Waals surface area contributed by atoms with Gasteiger partial charge in [-0.1, -0.05) is 192 Å². The van der Waals surface area contributed by atoms with Crippen LogP contribution in [0.15, 0.2) is 146 Å². The van der Waals surface area contributed by atoms with Crippen LogP contribution >= 0.6 is 0 Å². The SMILES string of the molecule is CC/C=C\C/C=C\C/C=C\C/C=C\C/C=C\CCCCCC(=O)OCC(COC1OC(C(=O)O)C(O)C(O)C1OC(=O)CC/C=C\C/C=C\C/C=C\C/C=C\CC)OC(=O)CCCCCCC/C=C\C/C=C\C/C=C\CC. The molecule has 1 saturated heterocycles. The summed E-state index contributed by atoms with van der Waals surface area (Å²) < 4.78 is 28.3. The fourth-order valence-corrected chi connectivity index (χ4v) is 7.60. The van der Waals surface area contributed by atoms with Crippen LogP contribution < -0.4 is 0 Å². The Hall–Kier alpha value is -5.40. The lowest BCUT2D eigenvalue weighted by molar-refractivity contribution is -0.301. The van der Waals surface area contributed by atoms with Crippen LogP contribution in [0.4, 0.5) is 0 Å². The highest BCUT2D eigenvalue weighted by Gasteiger charge is 2.50. The summed E-state index contributed by atoms with van der Waals surface area (Å²) in [5, 5.41) is 31.4. The Morgan fingerprint density at radius 1 is 0.429 bits per heavy atom. The van der Waals surface area contributed by atoms with Crippen LogP contribution in [0.25, 0.3) is 0 Å². The standard InChI is InChI=1S/C65H98O12/c1-4-7-10-13-16-19-22-25-27-28-29-30-32-34-36-39-42-45-48-51-57(66)73-54-56(75-58(67)52-49-46-43-40-38-35-31-26-23-20-17-14-11-8-5-2)55-74-65-63(61(70)60(69)62(77-65)64(71)72)76-59(68)53-50-47-44-41-37-33-24-21-18-15-12-9-6-3/h7-12,16-21,25-27,29-31,33-34,36-37,44,47,56,60-63,65,69-70H,4-6,13-15,22-24,28,32,35,38-43,45-46,48-55H2,1-3H3,(H,71,72)/b10-7-,11-8-,12-9-,19-16-,20-17-,21-18-,27-25-,30-29-,31-26-,36-34-,37-33-,47-44-. The highest BCUT2D eigenvalue weighted by molar-refractivity contribution is 5.74. The van der Waals surface area contributed by atoms with Crippen molar-refractivity contribution in [3.63, 3.8) is 0 Å². The molecule has 1 heterocycles. The largest absolute Gasteiger partial charge is 0.479 e. The summed E-state index contributed by atoms with van der Waals surface area (Å²) in [6, 6.07) is 0. The van der Waals surface area contributed by atoms with Crippen molar-refractivity contribution in [2.45, 2.75) is 225 Å². The van der Waals surface area contributed by atoms with Gasteiger partial charge in [0.15, 0.2) is 24.6 Å². The minimum absolute atomic E-state index is 0.0747. The molecule has 3 N–H and O–H groups in total. The molecule has 6 unspecified atom stereocenters. The van der Waals surface area contributed by atoms with Gasteiger partial charge < -0.3 is 39.0 Å². The van der Waals surface area contributed by atoms with Gasteiger partial charge in [-0.3, -0.25) is 14.4 Å². The zero-order valence-corrected chi connectivity index (χ0v) is 47.1. The number of carboxylic acid groups (broad SMARTS) is 1. The van der Waals surface area contributed by atoms with E-state index < -0.39 is 67.3 Å². The maximum Gasteiger partial charge on any atom is 0.335 e. The Morgan fingerprint density at radius 3 is 1.25 bits per heavy atom. The molecule has 1 aliphatic rings. The van der Waals surface area contributed by atoms with Gasteiger partial charge in [0, 0.05) is 19.3 Å². The van der Waals surface area contributed by atoms with Gasteiger partial charge in [-0.25, -0.2) is 4.79 Å². The maximum atomic E-state index is 13.1. The Kier molecular flexibility index (Phi) is 46.4. The first-order chi connectivity index (χ1) is 37.6. The number of unbranched alkanes of at least 4 members (excludes halogenated alkanes) is 8. The lowest BCUT2D eigenvalue weighted by Gasteiger charge is -2.40. The molecule has 12 heteroatoms. The van der Waals surface area contributed by atoms with E-state index in [-0.39, 0.29) is 25.9 Å². The molecule has 0 aromatic carbocycles. The molecule has 77 heavy (non-hydrogen) atoms. The molecule has 0 saturated carbocycles. The fourth-order valence-electron chi connectivity index (χ4n) is 7.60. The molecule has 0 aliphatic carbocycles. The van der Waals surface area contributed by atoms with Crippen molar-refractivity contribution in [3.05, 3.63) is 146 Å². The summed E-state index contributed by atoms with van der Waals surface area (Å²) in [5.74, 6) is -3.32. The number of ether oxygens (including phenoxy) is 5. The Morgan fingerprint density at radius 2 is 0.805 bits per heavy atom. The van der Waals surface area contributed by atoms with Crippen molar-refractivity contribution in [2.24, 2.45) is 0 Å². The zero-order valence-electron chi connectivity index (χ0n) is 47.1. The number of hydrogen-bond donors (Lipinski definition) is 3. The second-order valence-electron chi connectivity index (χ2n) is 18.8. The molecule has 0 spiro atoms. The topological polar surface area (TPSA) is 175 Å². The van der Waals surface area contributed by atoms with E-state index in [1.54, 1.807) is 0 Å². The molecule has 12 nitrogen and oxygen atoms in total. The number of aliphatic carboxylic acids is 1. The van der Waals surface area contributed by atoms with Gasteiger partial charge >= 0.3 is 23.9 Å². The molecule has 1 aliphatic heterocycles. The van der Waals surface area contributed by atoms with Gasteiger partial charge in [-0.05, 0) is 122 Å². The molecular formula is C65H98O12. The second-order valence-corrected chi connectivity index (χ2v) is 18.8.